The maximum absolute atomic E-state index is 13.7. The summed E-state index contributed by atoms with van der Waals surface area (Å²) in [5.41, 5.74) is 1.62. The summed E-state index contributed by atoms with van der Waals surface area (Å²) in [7, 11) is 1.65. The number of benzene rings is 2. The average Bonchev–Trinajstić information content (AvgIpc) is 2.65. The van der Waals surface area contributed by atoms with Crippen molar-refractivity contribution in [2.75, 3.05) is 17.7 Å². The summed E-state index contributed by atoms with van der Waals surface area (Å²) in [6, 6.07) is 16.3. The van der Waals surface area contributed by atoms with E-state index < -0.39 is 0 Å². The second-order valence-electron chi connectivity index (χ2n) is 5.80. The number of aromatic nitrogens is 2. The topological polar surface area (TPSA) is 59.1 Å². The van der Waals surface area contributed by atoms with Gasteiger partial charge in [-0.2, -0.15) is 0 Å². The molecule has 0 saturated carbocycles. The molecule has 0 atom stereocenters. The summed E-state index contributed by atoms with van der Waals surface area (Å²) in [4.78, 5) is 8.76. The van der Waals surface area contributed by atoms with Crippen molar-refractivity contribution in [3.63, 3.8) is 0 Å². The minimum atomic E-state index is -0.236. The second-order valence-corrected chi connectivity index (χ2v) is 5.80. The lowest BCUT2D eigenvalue weighted by Crippen LogP contribution is -2.08. The SMILES string of the molecule is COc1ccccc1CNc1cc(NCc2ccccc2F)nc(C)n1. The molecule has 0 unspecified atom stereocenters. The number of aryl methyl sites for hydroxylation is 1. The Morgan fingerprint density at radius 3 is 2.12 bits per heavy atom. The van der Waals surface area contributed by atoms with Gasteiger partial charge in [0.25, 0.3) is 0 Å². The van der Waals surface area contributed by atoms with Crippen LogP contribution in [0.15, 0.2) is 54.6 Å². The van der Waals surface area contributed by atoms with Crippen LogP contribution >= 0.6 is 0 Å². The van der Waals surface area contributed by atoms with Crippen LogP contribution in [-0.2, 0) is 13.1 Å². The van der Waals surface area contributed by atoms with E-state index in [0.29, 0.717) is 36.1 Å². The third kappa shape index (κ3) is 4.47. The summed E-state index contributed by atoms with van der Waals surface area (Å²) >= 11 is 0. The van der Waals surface area contributed by atoms with Gasteiger partial charge in [0.05, 0.1) is 7.11 Å². The molecule has 0 aliphatic carbocycles. The van der Waals surface area contributed by atoms with Gasteiger partial charge in [0.1, 0.15) is 29.0 Å². The highest BCUT2D eigenvalue weighted by Crippen LogP contribution is 2.19. The fraction of sp³-hybridized carbons (Fsp3) is 0.200. The fourth-order valence-corrected chi connectivity index (χ4v) is 2.61. The summed E-state index contributed by atoms with van der Waals surface area (Å²) in [5.74, 6) is 2.55. The monoisotopic (exact) mass is 352 g/mol. The van der Waals surface area contributed by atoms with E-state index in [0.717, 1.165) is 11.3 Å². The molecule has 134 valence electrons. The lowest BCUT2D eigenvalue weighted by molar-refractivity contribution is 0.410. The lowest BCUT2D eigenvalue weighted by Gasteiger charge is -2.12. The zero-order valence-corrected chi connectivity index (χ0v) is 14.8. The van der Waals surface area contributed by atoms with Crippen molar-refractivity contribution in [2.24, 2.45) is 0 Å². The van der Waals surface area contributed by atoms with Gasteiger partial charge < -0.3 is 15.4 Å². The van der Waals surface area contributed by atoms with Crippen molar-refractivity contribution >= 4 is 11.6 Å². The molecule has 0 saturated heterocycles. The largest absolute Gasteiger partial charge is 0.496 e. The molecule has 2 aromatic carbocycles. The summed E-state index contributed by atoms with van der Waals surface area (Å²) in [6.45, 7) is 2.75. The number of rotatable bonds is 7. The molecule has 0 spiro atoms. The molecule has 6 heteroatoms. The summed E-state index contributed by atoms with van der Waals surface area (Å²) < 4.78 is 19.1. The molecular weight excluding hydrogens is 331 g/mol. The number of hydrogen-bond acceptors (Lipinski definition) is 5. The normalized spacial score (nSPS) is 10.4. The Morgan fingerprint density at radius 1 is 0.885 bits per heavy atom. The Hall–Kier alpha value is -3.15. The molecule has 3 rings (SSSR count). The van der Waals surface area contributed by atoms with Gasteiger partial charge in [0.2, 0.25) is 0 Å². The van der Waals surface area contributed by atoms with Crippen LogP contribution in [0, 0.1) is 12.7 Å². The fourth-order valence-electron chi connectivity index (χ4n) is 2.61. The molecule has 0 aliphatic heterocycles. The maximum Gasteiger partial charge on any atom is 0.132 e. The van der Waals surface area contributed by atoms with Crippen molar-refractivity contribution in [3.05, 3.63) is 77.4 Å². The molecular formula is C20H21FN4O. The van der Waals surface area contributed by atoms with E-state index in [1.54, 1.807) is 19.2 Å². The molecule has 0 radical (unpaired) electrons. The smallest absolute Gasteiger partial charge is 0.132 e. The van der Waals surface area contributed by atoms with E-state index in [1.165, 1.54) is 6.07 Å². The van der Waals surface area contributed by atoms with Gasteiger partial charge in [-0.25, -0.2) is 14.4 Å². The molecule has 5 nitrogen and oxygen atoms in total. The molecule has 3 aromatic rings. The number of hydrogen-bond donors (Lipinski definition) is 2. The van der Waals surface area contributed by atoms with Crippen LogP contribution in [0.5, 0.6) is 5.75 Å². The van der Waals surface area contributed by atoms with Crippen molar-refractivity contribution in [2.45, 2.75) is 20.0 Å². The molecule has 1 heterocycles. The van der Waals surface area contributed by atoms with Gasteiger partial charge in [-0.3, -0.25) is 0 Å². The van der Waals surface area contributed by atoms with Crippen molar-refractivity contribution in [1.29, 1.82) is 0 Å². The maximum atomic E-state index is 13.7. The number of ether oxygens (including phenoxy) is 1. The van der Waals surface area contributed by atoms with E-state index in [1.807, 2.05) is 43.3 Å². The second kappa shape index (κ2) is 8.29. The molecule has 1 aromatic heterocycles. The molecule has 0 aliphatic rings. The lowest BCUT2D eigenvalue weighted by atomic mass is 10.2. The minimum absolute atomic E-state index is 0.236. The van der Waals surface area contributed by atoms with E-state index in [2.05, 4.69) is 20.6 Å². The van der Waals surface area contributed by atoms with E-state index >= 15 is 0 Å². The number of nitrogens with zero attached hydrogens (tertiary/aromatic N) is 2. The van der Waals surface area contributed by atoms with Gasteiger partial charge in [0, 0.05) is 30.3 Å². The number of nitrogens with one attached hydrogen (secondary N) is 2. The highest BCUT2D eigenvalue weighted by Gasteiger charge is 2.06. The van der Waals surface area contributed by atoms with Gasteiger partial charge in [-0.1, -0.05) is 36.4 Å². The zero-order chi connectivity index (χ0) is 18.4. The van der Waals surface area contributed by atoms with Crippen LogP contribution in [0.1, 0.15) is 17.0 Å². The molecule has 0 bridgehead atoms. The quantitative estimate of drug-likeness (QED) is 0.669. The summed E-state index contributed by atoms with van der Waals surface area (Å²) in [5, 5.41) is 6.43. The van der Waals surface area contributed by atoms with Crippen molar-refractivity contribution < 1.29 is 9.13 Å². The first-order valence-electron chi connectivity index (χ1n) is 8.34. The van der Waals surface area contributed by atoms with Crippen molar-refractivity contribution in [3.8, 4) is 5.75 Å². The third-order valence-electron chi connectivity index (χ3n) is 3.91. The molecule has 0 fully saturated rings. The van der Waals surface area contributed by atoms with E-state index in [-0.39, 0.29) is 5.82 Å². The number of para-hydroxylation sites is 1. The predicted molar refractivity (Wildman–Crippen MR) is 101 cm³/mol. The predicted octanol–water partition coefficient (Wildman–Crippen LogP) is 4.16. The van der Waals surface area contributed by atoms with E-state index in [4.69, 9.17) is 4.74 Å². The first-order valence-corrected chi connectivity index (χ1v) is 8.34. The van der Waals surface area contributed by atoms with Crippen LogP contribution in [-0.4, -0.2) is 17.1 Å². The highest BCUT2D eigenvalue weighted by molar-refractivity contribution is 5.49. The minimum Gasteiger partial charge on any atom is -0.496 e. The van der Waals surface area contributed by atoms with Crippen LogP contribution in [0.2, 0.25) is 0 Å². The first-order chi connectivity index (χ1) is 12.7. The van der Waals surface area contributed by atoms with Crippen LogP contribution < -0.4 is 15.4 Å². The van der Waals surface area contributed by atoms with Gasteiger partial charge in [-0.15, -0.1) is 0 Å². The molecule has 0 amide bonds. The van der Waals surface area contributed by atoms with Crippen molar-refractivity contribution in [1.82, 2.24) is 9.97 Å². The Kier molecular flexibility index (Phi) is 5.63. The first kappa shape index (κ1) is 17.7. The Balaban J connectivity index is 1.68. The Morgan fingerprint density at radius 2 is 1.46 bits per heavy atom. The van der Waals surface area contributed by atoms with Crippen LogP contribution in [0.4, 0.5) is 16.0 Å². The third-order valence-corrected chi connectivity index (χ3v) is 3.91. The molecule has 26 heavy (non-hydrogen) atoms. The summed E-state index contributed by atoms with van der Waals surface area (Å²) in [6.07, 6.45) is 0. The van der Waals surface area contributed by atoms with Gasteiger partial charge >= 0.3 is 0 Å². The number of halogens is 1. The number of anilines is 2. The number of methoxy groups -OCH3 is 1. The Labute approximate surface area is 152 Å². The van der Waals surface area contributed by atoms with Gasteiger partial charge in [-0.05, 0) is 19.1 Å². The zero-order valence-electron chi connectivity index (χ0n) is 14.8. The van der Waals surface area contributed by atoms with E-state index in [9.17, 15) is 4.39 Å². The molecule has 2 N–H and O–H groups in total. The van der Waals surface area contributed by atoms with Crippen LogP contribution in [0.25, 0.3) is 0 Å². The van der Waals surface area contributed by atoms with Crippen LogP contribution in [0.3, 0.4) is 0 Å². The van der Waals surface area contributed by atoms with Gasteiger partial charge in [0.15, 0.2) is 0 Å². The highest BCUT2D eigenvalue weighted by atomic mass is 19.1. The Bertz CT molecular complexity index is 885. The standard InChI is InChI=1S/C20H21FN4O/c1-14-24-19(22-12-15-7-3-5-9-17(15)21)11-20(25-14)23-13-16-8-4-6-10-18(16)26-2/h3-11H,12-13H2,1-2H3,(H2,22,23,24,25). The average molecular weight is 352 g/mol.